The number of ether oxygens (including phenoxy) is 1. The van der Waals surface area contributed by atoms with Crippen molar-refractivity contribution in [2.24, 2.45) is 17.8 Å². The number of anilines is 1. The summed E-state index contributed by atoms with van der Waals surface area (Å²) >= 11 is 0. The molecule has 28 heavy (non-hydrogen) atoms. The average Bonchev–Trinajstić information content (AvgIpc) is 3.14. The summed E-state index contributed by atoms with van der Waals surface area (Å²) in [6.07, 6.45) is -4.40. The highest BCUT2D eigenvalue weighted by molar-refractivity contribution is 6.23. The van der Waals surface area contributed by atoms with E-state index >= 15 is 0 Å². The number of carbonyl (C=O) groups is 2. The molecule has 3 fully saturated rings. The molecule has 1 N–H and O–H groups in total. The standard InChI is InChI=1S/C19H17F3N2O4/c1-17-7-9(8-25)18(2,28-17)14-13(17)15(26)24(16(14)27)10-4-5-12(23-3)11(6-10)19(20,21)22/h4-6,9,13-14,25H,7-8H2,1-2H3/t9-,13+,14-,17?,18?/m1/s1. The summed E-state index contributed by atoms with van der Waals surface area (Å²) < 4.78 is 45.9. The Kier molecular flexibility index (Phi) is 3.75. The fourth-order valence-corrected chi connectivity index (χ4v) is 5.18. The Morgan fingerprint density at radius 1 is 1.29 bits per heavy atom. The van der Waals surface area contributed by atoms with Crippen molar-refractivity contribution >= 4 is 23.2 Å². The van der Waals surface area contributed by atoms with Crippen LogP contribution in [0, 0.1) is 24.3 Å². The lowest BCUT2D eigenvalue weighted by Crippen LogP contribution is -2.47. The fraction of sp³-hybridized carbons (Fsp3) is 0.526. The van der Waals surface area contributed by atoms with Crippen molar-refractivity contribution in [2.75, 3.05) is 11.5 Å². The number of fused-ring (bicyclic) bond motifs is 5. The molecule has 0 spiro atoms. The first kappa shape index (κ1) is 18.9. The number of aliphatic hydroxyl groups is 1. The van der Waals surface area contributed by atoms with Gasteiger partial charge >= 0.3 is 6.18 Å². The maximum absolute atomic E-state index is 13.3. The Morgan fingerprint density at radius 3 is 2.50 bits per heavy atom. The number of nitrogens with zero attached hydrogens (tertiary/aromatic N) is 2. The molecular weight excluding hydrogens is 377 g/mol. The number of halogens is 3. The van der Waals surface area contributed by atoms with E-state index in [-0.39, 0.29) is 18.2 Å². The van der Waals surface area contributed by atoms with Gasteiger partial charge in [-0.25, -0.2) is 9.74 Å². The maximum Gasteiger partial charge on any atom is 0.407 e. The molecule has 2 unspecified atom stereocenters. The predicted molar refractivity (Wildman–Crippen MR) is 90.3 cm³/mol. The zero-order valence-corrected chi connectivity index (χ0v) is 15.1. The SMILES string of the molecule is [C-]#[N+]c1ccc(N2C(=O)[C@@H]3[C@H](C2=O)C2(C)OC3(C)C[C@@H]2CO)cc1C(F)(F)F. The van der Waals surface area contributed by atoms with Crippen molar-refractivity contribution in [3.63, 3.8) is 0 Å². The molecule has 0 aromatic heterocycles. The van der Waals surface area contributed by atoms with Gasteiger partial charge in [-0.2, -0.15) is 13.2 Å². The first-order valence-electron chi connectivity index (χ1n) is 8.75. The number of imide groups is 1. The van der Waals surface area contributed by atoms with Gasteiger partial charge < -0.3 is 9.84 Å². The summed E-state index contributed by atoms with van der Waals surface area (Å²) in [5, 5.41) is 9.66. The molecule has 148 valence electrons. The minimum atomic E-state index is -4.79. The molecule has 0 radical (unpaired) electrons. The second kappa shape index (κ2) is 5.55. The van der Waals surface area contributed by atoms with Gasteiger partial charge in [0.15, 0.2) is 5.69 Å². The van der Waals surface area contributed by atoms with Crippen LogP contribution in [0.1, 0.15) is 25.8 Å². The summed E-state index contributed by atoms with van der Waals surface area (Å²) in [5.41, 5.74) is -4.02. The summed E-state index contributed by atoms with van der Waals surface area (Å²) in [6, 6.07) is 2.81. The summed E-state index contributed by atoms with van der Waals surface area (Å²) in [5.74, 6) is -3.27. The largest absolute Gasteiger partial charge is 0.407 e. The van der Waals surface area contributed by atoms with E-state index in [1.54, 1.807) is 13.8 Å². The number of carbonyl (C=O) groups excluding carboxylic acids is 2. The second-order valence-corrected chi connectivity index (χ2v) is 7.96. The van der Waals surface area contributed by atoms with E-state index in [0.29, 0.717) is 12.5 Å². The fourth-order valence-electron chi connectivity index (χ4n) is 5.18. The number of rotatable bonds is 2. The molecule has 0 saturated carbocycles. The molecule has 1 aromatic rings. The minimum absolute atomic E-state index is 0.212. The van der Waals surface area contributed by atoms with E-state index in [4.69, 9.17) is 11.3 Å². The molecule has 3 saturated heterocycles. The molecule has 2 amide bonds. The van der Waals surface area contributed by atoms with Crippen molar-refractivity contribution in [1.29, 1.82) is 0 Å². The lowest BCUT2D eigenvalue weighted by atomic mass is 9.64. The van der Waals surface area contributed by atoms with Crippen LogP contribution in [0.3, 0.4) is 0 Å². The number of aliphatic hydroxyl groups excluding tert-OH is 1. The van der Waals surface area contributed by atoms with Crippen LogP contribution >= 0.6 is 0 Å². The molecule has 0 aliphatic carbocycles. The Bertz CT molecular complexity index is 940. The maximum atomic E-state index is 13.3. The number of hydrogen-bond acceptors (Lipinski definition) is 4. The lowest BCUT2D eigenvalue weighted by Gasteiger charge is -2.34. The Balaban J connectivity index is 1.80. The monoisotopic (exact) mass is 394 g/mol. The lowest BCUT2D eigenvalue weighted by molar-refractivity contribution is -0.137. The third-order valence-electron chi connectivity index (χ3n) is 6.38. The molecule has 6 nitrogen and oxygen atoms in total. The summed E-state index contributed by atoms with van der Waals surface area (Å²) in [4.78, 5) is 29.8. The third kappa shape index (κ3) is 2.22. The number of alkyl halides is 3. The predicted octanol–water partition coefficient (Wildman–Crippen LogP) is 2.92. The van der Waals surface area contributed by atoms with Crippen molar-refractivity contribution < 1.29 is 32.6 Å². The first-order chi connectivity index (χ1) is 13.0. The van der Waals surface area contributed by atoms with Gasteiger partial charge in [0.1, 0.15) is 0 Å². The Morgan fingerprint density at radius 2 is 1.93 bits per heavy atom. The van der Waals surface area contributed by atoms with Gasteiger partial charge in [-0.15, -0.1) is 0 Å². The number of hydrogen-bond donors (Lipinski definition) is 1. The van der Waals surface area contributed by atoms with E-state index in [2.05, 4.69) is 4.85 Å². The van der Waals surface area contributed by atoms with E-state index in [0.717, 1.165) is 11.0 Å². The smallest absolute Gasteiger partial charge is 0.396 e. The third-order valence-corrected chi connectivity index (χ3v) is 6.38. The molecule has 3 aliphatic heterocycles. The average molecular weight is 394 g/mol. The van der Waals surface area contributed by atoms with Gasteiger partial charge in [-0.3, -0.25) is 9.59 Å². The molecule has 2 bridgehead atoms. The zero-order chi connectivity index (χ0) is 20.6. The zero-order valence-electron chi connectivity index (χ0n) is 15.1. The topological polar surface area (TPSA) is 71.2 Å². The van der Waals surface area contributed by atoms with Crippen molar-refractivity contribution in [1.82, 2.24) is 0 Å². The van der Waals surface area contributed by atoms with Crippen molar-refractivity contribution in [3.8, 4) is 0 Å². The number of amides is 2. The van der Waals surface area contributed by atoms with E-state index < -0.39 is 52.3 Å². The molecule has 5 atom stereocenters. The van der Waals surface area contributed by atoms with E-state index in [1.165, 1.54) is 6.07 Å². The molecule has 3 heterocycles. The highest BCUT2D eigenvalue weighted by Gasteiger charge is 2.75. The van der Waals surface area contributed by atoms with Crippen LogP contribution in [-0.4, -0.2) is 34.7 Å². The number of benzene rings is 1. The minimum Gasteiger partial charge on any atom is -0.396 e. The quantitative estimate of drug-likeness (QED) is 0.619. The van der Waals surface area contributed by atoms with Crippen LogP contribution in [0.15, 0.2) is 18.2 Å². The molecular formula is C19H17F3N2O4. The van der Waals surface area contributed by atoms with Crippen LogP contribution in [0.4, 0.5) is 24.5 Å². The second-order valence-electron chi connectivity index (χ2n) is 7.96. The molecule has 3 aliphatic rings. The van der Waals surface area contributed by atoms with Crippen LogP contribution in [-0.2, 0) is 20.5 Å². The van der Waals surface area contributed by atoms with Crippen LogP contribution < -0.4 is 4.90 Å². The van der Waals surface area contributed by atoms with Gasteiger partial charge in [0.05, 0.1) is 35.2 Å². The van der Waals surface area contributed by atoms with Gasteiger partial charge in [0, 0.05) is 18.2 Å². The van der Waals surface area contributed by atoms with Crippen LogP contribution in [0.2, 0.25) is 0 Å². The van der Waals surface area contributed by atoms with Crippen molar-refractivity contribution in [3.05, 3.63) is 35.2 Å². The Labute approximate surface area is 158 Å². The summed E-state index contributed by atoms with van der Waals surface area (Å²) in [6.45, 7) is 10.1. The van der Waals surface area contributed by atoms with Gasteiger partial charge in [-0.05, 0) is 32.4 Å². The van der Waals surface area contributed by atoms with Gasteiger partial charge in [0.2, 0.25) is 11.8 Å². The van der Waals surface area contributed by atoms with Gasteiger partial charge in [0.25, 0.3) is 0 Å². The van der Waals surface area contributed by atoms with Gasteiger partial charge in [-0.1, -0.05) is 6.07 Å². The molecule has 4 rings (SSSR count). The highest BCUT2D eigenvalue weighted by atomic mass is 19.4. The highest BCUT2D eigenvalue weighted by Crippen LogP contribution is 2.63. The van der Waals surface area contributed by atoms with Crippen LogP contribution in [0.25, 0.3) is 4.85 Å². The van der Waals surface area contributed by atoms with E-state index in [9.17, 15) is 27.9 Å². The molecule has 9 heteroatoms. The first-order valence-corrected chi connectivity index (χ1v) is 8.75. The van der Waals surface area contributed by atoms with E-state index in [1.807, 2.05) is 0 Å². The molecule has 1 aromatic carbocycles. The Hall–Kier alpha value is -2.44. The van der Waals surface area contributed by atoms with Crippen molar-refractivity contribution in [2.45, 2.75) is 37.6 Å². The normalized spacial score (nSPS) is 36.8. The summed E-state index contributed by atoms with van der Waals surface area (Å²) in [7, 11) is 0. The van der Waals surface area contributed by atoms with Crippen LogP contribution in [0.5, 0.6) is 0 Å².